The van der Waals surface area contributed by atoms with Crippen molar-refractivity contribution in [3.8, 4) is 17.1 Å². The number of hydrogen-bond donors (Lipinski definition) is 1. The Balaban J connectivity index is 1.95. The Morgan fingerprint density at radius 3 is 2.71 bits per heavy atom. The average Bonchev–Trinajstić information content (AvgIpc) is 2.60. The first kappa shape index (κ1) is 16.5. The second-order valence-corrected chi connectivity index (χ2v) is 6.35. The summed E-state index contributed by atoms with van der Waals surface area (Å²) in [7, 11) is 1.59. The van der Waals surface area contributed by atoms with E-state index >= 15 is 0 Å². The smallest absolute Gasteiger partial charge is 0.254 e. The molecule has 1 unspecified atom stereocenters. The van der Waals surface area contributed by atoms with Crippen LogP contribution in [0, 0.1) is 0 Å². The van der Waals surface area contributed by atoms with Gasteiger partial charge in [0.2, 0.25) is 5.91 Å². The number of fused-ring (bicyclic) bond motifs is 1. The molecule has 0 saturated carbocycles. The molecule has 1 aliphatic heterocycles. The number of hydrogen-bond acceptors (Lipinski definition) is 4. The highest BCUT2D eigenvalue weighted by Crippen LogP contribution is 2.21. The summed E-state index contributed by atoms with van der Waals surface area (Å²) >= 11 is 5.88. The molecular weight excluding hydrogens is 330 g/mol. The third-order valence-corrected chi connectivity index (χ3v) is 4.28. The van der Waals surface area contributed by atoms with Crippen molar-refractivity contribution in [2.45, 2.75) is 25.3 Å². The molecule has 2 heterocycles. The van der Waals surface area contributed by atoms with Crippen LogP contribution in [0.3, 0.4) is 0 Å². The lowest BCUT2D eigenvalue weighted by atomic mass is 10.1. The van der Waals surface area contributed by atoms with Crippen LogP contribution in [0.5, 0.6) is 5.75 Å². The van der Waals surface area contributed by atoms with E-state index in [9.17, 15) is 9.59 Å². The van der Waals surface area contributed by atoms with Crippen molar-refractivity contribution in [1.29, 1.82) is 0 Å². The zero-order valence-electron chi connectivity index (χ0n) is 13.5. The normalized spacial score (nSPS) is 14.9. The first-order valence-corrected chi connectivity index (χ1v) is 8.12. The third kappa shape index (κ3) is 3.14. The molecule has 2 aromatic rings. The summed E-state index contributed by atoms with van der Waals surface area (Å²) in [5, 5.41) is -0.588. The Kier molecular flexibility index (Phi) is 4.57. The van der Waals surface area contributed by atoms with Crippen molar-refractivity contribution in [3.05, 3.63) is 45.9 Å². The van der Waals surface area contributed by atoms with E-state index in [0.29, 0.717) is 36.6 Å². The van der Waals surface area contributed by atoms with Gasteiger partial charge in [-0.3, -0.25) is 9.59 Å². The Hall–Kier alpha value is -2.34. The highest BCUT2D eigenvalue weighted by atomic mass is 35.5. The molecule has 1 aliphatic rings. The van der Waals surface area contributed by atoms with E-state index in [1.807, 2.05) is 12.1 Å². The van der Waals surface area contributed by atoms with Crippen LogP contribution < -0.4 is 10.3 Å². The van der Waals surface area contributed by atoms with Gasteiger partial charge in [0.05, 0.1) is 19.3 Å². The number of alkyl halides is 1. The first-order valence-electron chi connectivity index (χ1n) is 7.69. The predicted molar refractivity (Wildman–Crippen MR) is 91.3 cm³/mol. The number of methoxy groups -OCH3 is 1. The number of ether oxygens (including phenoxy) is 1. The average molecular weight is 348 g/mol. The molecule has 1 amide bonds. The van der Waals surface area contributed by atoms with Crippen molar-refractivity contribution in [2.75, 3.05) is 13.7 Å². The SMILES string of the molecule is COc1ccc(-c2nc3c(c(=O)[nH]2)CCN(C(=O)C(C)Cl)C3)cc1. The second kappa shape index (κ2) is 6.65. The second-order valence-electron chi connectivity index (χ2n) is 5.69. The molecule has 6 nitrogen and oxygen atoms in total. The Labute approximate surface area is 144 Å². The maximum absolute atomic E-state index is 12.3. The van der Waals surface area contributed by atoms with Gasteiger partial charge in [0.25, 0.3) is 5.56 Å². The Morgan fingerprint density at radius 1 is 1.38 bits per heavy atom. The van der Waals surface area contributed by atoms with Gasteiger partial charge in [-0.05, 0) is 37.6 Å². The number of halogens is 1. The molecule has 126 valence electrons. The summed E-state index contributed by atoms with van der Waals surface area (Å²) in [6.07, 6.45) is 0.482. The monoisotopic (exact) mass is 347 g/mol. The molecule has 1 aromatic carbocycles. The summed E-state index contributed by atoms with van der Waals surface area (Å²) in [6, 6.07) is 7.27. The fourth-order valence-corrected chi connectivity index (χ4v) is 2.90. The minimum absolute atomic E-state index is 0.143. The van der Waals surface area contributed by atoms with Gasteiger partial charge in [-0.1, -0.05) is 0 Å². The number of carbonyl (C=O) groups is 1. The van der Waals surface area contributed by atoms with E-state index in [2.05, 4.69) is 9.97 Å². The van der Waals surface area contributed by atoms with Crippen LogP contribution >= 0.6 is 11.6 Å². The van der Waals surface area contributed by atoms with E-state index in [1.54, 1.807) is 31.1 Å². The van der Waals surface area contributed by atoms with Gasteiger partial charge in [0, 0.05) is 17.7 Å². The maximum Gasteiger partial charge on any atom is 0.254 e. The van der Waals surface area contributed by atoms with Gasteiger partial charge in [0.1, 0.15) is 17.0 Å². The van der Waals surface area contributed by atoms with Crippen LogP contribution in [0.2, 0.25) is 0 Å². The van der Waals surface area contributed by atoms with Crippen molar-refractivity contribution in [2.24, 2.45) is 0 Å². The molecule has 0 fully saturated rings. The number of aromatic amines is 1. The molecule has 0 saturated heterocycles. The van der Waals surface area contributed by atoms with E-state index < -0.39 is 5.38 Å². The van der Waals surface area contributed by atoms with Gasteiger partial charge in [-0.15, -0.1) is 11.6 Å². The zero-order valence-corrected chi connectivity index (χ0v) is 14.3. The zero-order chi connectivity index (χ0) is 17.3. The van der Waals surface area contributed by atoms with Crippen molar-refractivity contribution in [1.82, 2.24) is 14.9 Å². The van der Waals surface area contributed by atoms with Gasteiger partial charge >= 0.3 is 0 Å². The van der Waals surface area contributed by atoms with E-state index in [0.717, 1.165) is 11.3 Å². The number of H-pyrrole nitrogens is 1. The lowest BCUT2D eigenvalue weighted by molar-refractivity contribution is -0.131. The molecule has 0 aliphatic carbocycles. The van der Waals surface area contributed by atoms with E-state index in [1.165, 1.54) is 0 Å². The van der Waals surface area contributed by atoms with Crippen LogP contribution in [-0.2, 0) is 17.8 Å². The van der Waals surface area contributed by atoms with Crippen molar-refractivity contribution in [3.63, 3.8) is 0 Å². The predicted octanol–water partition coefficient (Wildman–Crippen LogP) is 1.96. The highest BCUT2D eigenvalue weighted by molar-refractivity contribution is 6.30. The molecule has 1 atom stereocenters. The topological polar surface area (TPSA) is 75.3 Å². The quantitative estimate of drug-likeness (QED) is 0.861. The Morgan fingerprint density at radius 2 is 2.08 bits per heavy atom. The van der Waals surface area contributed by atoms with Crippen LogP contribution in [0.4, 0.5) is 0 Å². The molecule has 1 aromatic heterocycles. The molecule has 1 N–H and O–H groups in total. The number of rotatable bonds is 3. The lowest BCUT2D eigenvalue weighted by Gasteiger charge is -2.28. The maximum atomic E-state index is 12.3. The fraction of sp³-hybridized carbons (Fsp3) is 0.353. The molecule has 0 bridgehead atoms. The van der Waals surface area contributed by atoms with Gasteiger partial charge in [-0.25, -0.2) is 4.98 Å². The van der Waals surface area contributed by atoms with Crippen LogP contribution in [0.25, 0.3) is 11.4 Å². The number of aromatic nitrogens is 2. The standard InChI is InChI=1S/C17H18ClN3O3/c1-10(18)17(23)21-8-7-13-14(9-21)19-15(20-16(13)22)11-3-5-12(24-2)6-4-11/h3-6,10H,7-9H2,1-2H3,(H,19,20,22). The number of benzene rings is 1. The molecule has 24 heavy (non-hydrogen) atoms. The minimum Gasteiger partial charge on any atom is -0.497 e. The van der Waals surface area contributed by atoms with Crippen LogP contribution in [0.1, 0.15) is 18.2 Å². The summed E-state index contributed by atoms with van der Waals surface area (Å²) in [6.45, 7) is 2.43. The van der Waals surface area contributed by atoms with Crippen molar-refractivity contribution < 1.29 is 9.53 Å². The number of amides is 1. The van der Waals surface area contributed by atoms with Crippen LogP contribution in [0.15, 0.2) is 29.1 Å². The number of carbonyl (C=O) groups excluding carboxylic acids is 1. The summed E-state index contributed by atoms with van der Waals surface area (Å²) in [5.74, 6) is 1.07. The van der Waals surface area contributed by atoms with Crippen molar-refractivity contribution >= 4 is 17.5 Å². The van der Waals surface area contributed by atoms with Gasteiger partial charge in [-0.2, -0.15) is 0 Å². The van der Waals surface area contributed by atoms with Crippen LogP contribution in [-0.4, -0.2) is 39.8 Å². The molecular formula is C17H18ClN3O3. The highest BCUT2D eigenvalue weighted by Gasteiger charge is 2.26. The number of nitrogens with one attached hydrogen (secondary N) is 1. The summed E-state index contributed by atoms with van der Waals surface area (Å²) in [5.41, 5.74) is 1.89. The summed E-state index contributed by atoms with van der Waals surface area (Å²) in [4.78, 5) is 33.4. The number of nitrogens with zero attached hydrogens (tertiary/aromatic N) is 2. The molecule has 0 spiro atoms. The minimum atomic E-state index is -0.588. The molecule has 7 heteroatoms. The molecule has 0 radical (unpaired) electrons. The van der Waals surface area contributed by atoms with E-state index in [-0.39, 0.29) is 11.5 Å². The lowest BCUT2D eigenvalue weighted by Crippen LogP contribution is -2.41. The Bertz CT molecular complexity index is 815. The largest absolute Gasteiger partial charge is 0.497 e. The molecule has 3 rings (SSSR count). The summed E-state index contributed by atoms with van der Waals surface area (Å²) < 4.78 is 5.13. The van der Waals surface area contributed by atoms with Gasteiger partial charge in [0.15, 0.2) is 0 Å². The first-order chi connectivity index (χ1) is 11.5. The fourth-order valence-electron chi connectivity index (χ4n) is 2.76. The van der Waals surface area contributed by atoms with Gasteiger partial charge < -0.3 is 14.6 Å². The third-order valence-electron chi connectivity index (χ3n) is 4.09. The van der Waals surface area contributed by atoms with E-state index in [4.69, 9.17) is 16.3 Å².